The third-order valence-electron chi connectivity index (χ3n) is 8.17. The van der Waals surface area contributed by atoms with Crippen molar-refractivity contribution in [3.8, 4) is 0 Å². The smallest absolute Gasteiger partial charge is 0.345 e. The number of Topliss-reactive ketones (excluding diaryl/α,β-unsaturated/α-hetero) is 1. The minimum atomic E-state index is -0.663. The zero-order valence-electron chi connectivity index (χ0n) is 26.1. The maximum absolute atomic E-state index is 14.1. The summed E-state index contributed by atoms with van der Waals surface area (Å²) in [5.74, 6) is -0.975. The highest BCUT2D eigenvalue weighted by molar-refractivity contribution is 6.13. The molecule has 9 heteroatoms. The Labute approximate surface area is 264 Å². The van der Waals surface area contributed by atoms with Crippen LogP contribution in [0.3, 0.4) is 0 Å². The van der Waals surface area contributed by atoms with Crippen LogP contribution in [-0.4, -0.2) is 47.5 Å². The van der Waals surface area contributed by atoms with E-state index in [0.717, 1.165) is 48.9 Å². The Morgan fingerprint density at radius 3 is 2.33 bits per heavy atom. The molecule has 1 fully saturated rings. The van der Waals surface area contributed by atoms with Gasteiger partial charge in [-0.15, -0.1) is 0 Å². The number of carbonyl (C=O) groups is 4. The molecule has 1 aliphatic heterocycles. The highest BCUT2D eigenvalue weighted by Gasteiger charge is 2.36. The Bertz CT molecular complexity index is 1590. The van der Waals surface area contributed by atoms with Gasteiger partial charge in [0, 0.05) is 22.6 Å². The van der Waals surface area contributed by atoms with Crippen molar-refractivity contribution in [3.05, 3.63) is 95.6 Å². The molecule has 0 bridgehead atoms. The van der Waals surface area contributed by atoms with Gasteiger partial charge in [-0.1, -0.05) is 94.6 Å². The lowest BCUT2D eigenvalue weighted by Gasteiger charge is -2.28. The molecule has 1 aliphatic carbocycles. The van der Waals surface area contributed by atoms with E-state index in [1.807, 2.05) is 75.4 Å². The maximum Gasteiger partial charge on any atom is 0.345 e. The Morgan fingerprint density at radius 2 is 1.60 bits per heavy atom. The third-order valence-corrected chi connectivity index (χ3v) is 8.17. The first-order valence-electron chi connectivity index (χ1n) is 15.5. The Morgan fingerprint density at radius 1 is 0.889 bits per heavy atom. The molecule has 5 rings (SSSR count). The normalized spacial score (nSPS) is 15.5. The highest BCUT2D eigenvalue weighted by atomic mass is 16.5. The van der Waals surface area contributed by atoms with Gasteiger partial charge in [0.05, 0.1) is 23.5 Å². The van der Waals surface area contributed by atoms with Gasteiger partial charge < -0.3 is 10.1 Å². The van der Waals surface area contributed by atoms with E-state index in [1.165, 1.54) is 16.0 Å². The number of benzene rings is 3. The van der Waals surface area contributed by atoms with Crippen LogP contribution in [0.1, 0.15) is 74.4 Å². The summed E-state index contributed by atoms with van der Waals surface area (Å²) in [6.07, 6.45) is 5.17. The molecule has 0 spiro atoms. The van der Waals surface area contributed by atoms with Crippen LogP contribution in [0.4, 0.5) is 16.2 Å². The van der Waals surface area contributed by atoms with Crippen molar-refractivity contribution in [2.45, 2.75) is 59.5 Å². The average Bonchev–Trinajstić information content (AvgIpc) is 3.15. The number of fused-ring (bicyclic) bond motifs is 1. The molecule has 45 heavy (non-hydrogen) atoms. The summed E-state index contributed by atoms with van der Waals surface area (Å²) < 4.78 is 5.44. The molecule has 3 aromatic rings. The highest BCUT2D eigenvalue weighted by Crippen LogP contribution is 2.34. The molecule has 1 N–H and O–H groups in total. The van der Waals surface area contributed by atoms with E-state index in [-0.39, 0.29) is 37.0 Å². The van der Waals surface area contributed by atoms with E-state index >= 15 is 0 Å². The summed E-state index contributed by atoms with van der Waals surface area (Å²) in [4.78, 5) is 54.8. The molecular formula is C36H40N4O5. The van der Waals surface area contributed by atoms with Crippen molar-refractivity contribution >= 4 is 40.8 Å². The topological polar surface area (TPSA) is 108 Å². The molecule has 9 nitrogen and oxygen atoms in total. The Hall–Kier alpha value is -4.79. The number of rotatable bonds is 9. The van der Waals surface area contributed by atoms with E-state index < -0.39 is 23.3 Å². The number of carbonyl (C=O) groups excluding carboxylic acids is 4. The minimum Gasteiger partial charge on any atom is -0.457 e. The van der Waals surface area contributed by atoms with Gasteiger partial charge in [-0.25, -0.2) is 14.6 Å². The summed E-state index contributed by atoms with van der Waals surface area (Å²) in [5, 5.41) is 8.81. The number of hydrogen-bond donors (Lipinski definition) is 1. The lowest BCUT2D eigenvalue weighted by molar-refractivity contribution is -0.124. The van der Waals surface area contributed by atoms with Crippen LogP contribution in [0.15, 0.2) is 84.0 Å². The molecule has 0 unspecified atom stereocenters. The monoisotopic (exact) mass is 608 g/mol. The summed E-state index contributed by atoms with van der Waals surface area (Å²) in [5.41, 5.74) is 3.07. The second kappa shape index (κ2) is 13.9. The molecule has 3 amide bonds. The van der Waals surface area contributed by atoms with Crippen molar-refractivity contribution in [2.24, 2.45) is 16.4 Å². The van der Waals surface area contributed by atoms with Crippen molar-refractivity contribution in [3.63, 3.8) is 0 Å². The first kappa shape index (κ1) is 31.6. The number of esters is 1. The van der Waals surface area contributed by atoms with Gasteiger partial charge in [0.15, 0.2) is 5.78 Å². The van der Waals surface area contributed by atoms with Crippen molar-refractivity contribution in [2.75, 3.05) is 23.3 Å². The molecule has 0 aromatic heterocycles. The second-order valence-corrected chi connectivity index (χ2v) is 12.6. The predicted molar refractivity (Wildman–Crippen MR) is 174 cm³/mol. The maximum atomic E-state index is 14.1. The minimum absolute atomic E-state index is 0.105. The van der Waals surface area contributed by atoms with E-state index in [9.17, 15) is 19.2 Å². The molecule has 234 valence electrons. The van der Waals surface area contributed by atoms with E-state index in [1.54, 1.807) is 18.2 Å². The zero-order valence-corrected chi connectivity index (χ0v) is 26.1. The summed E-state index contributed by atoms with van der Waals surface area (Å²) in [7, 11) is 0. The van der Waals surface area contributed by atoms with Crippen LogP contribution in [0.25, 0.3) is 0 Å². The average molecular weight is 609 g/mol. The summed E-state index contributed by atoms with van der Waals surface area (Å²) in [6, 6.07) is 22.8. The Kier molecular flexibility index (Phi) is 9.76. The first-order chi connectivity index (χ1) is 21.6. The lowest BCUT2D eigenvalue weighted by Crippen LogP contribution is -2.47. The molecule has 3 aromatic carbocycles. The number of nitrogens with zero attached hydrogens (tertiary/aromatic N) is 3. The quantitative estimate of drug-likeness (QED) is 0.268. The van der Waals surface area contributed by atoms with Crippen LogP contribution in [0.5, 0.6) is 0 Å². The summed E-state index contributed by atoms with van der Waals surface area (Å²) >= 11 is 0. The number of anilines is 2. The van der Waals surface area contributed by atoms with Gasteiger partial charge >= 0.3 is 12.0 Å². The van der Waals surface area contributed by atoms with Gasteiger partial charge in [-0.05, 0) is 42.7 Å². The number of ketones is 1. The number of urea groups is 1. The van der Waals surface area contributed by atoms with Crippen LogP contribution in [0, 0.1) is 11.3 Å². The molecule has 1 saturated carbocycles. The van der Waals surface area contributed by atoms with Gasteiger partial charge in [0.1, 0.15) is 13.2 Å². The molecular weight excluding hydrogens is 568 g/mol. The van der Waals surface area contributed by atoms with Gasteiger partial charge in [0.25, 0.3) is 0 Å². The standard InChI is InChI=1S/C36H40N4O5/c1-36(2,3)31(41)22-39-30-20-11-10-19-29(30)33(26-15-8-5-9-16-26)38-40(35(39)44)23-32(42)37-28-18-12-17-27(21-28)34(43)45-24-25-13-6-4-7-14-25/h4,6-7,10-14,17-21,26H,5,8-9,15-16,22-24H2,1-3H3,(H,37,42). The summed E-state index contributed by atoms with van der Waals surface area (Å²) in [6.45, 7) is 5.09. The number of nitrogens with one attached hydrogen (secondary N) is 1. The number of para-hydroxylation sites is 1. The second-order valence-electron chi connectivity index (χ2n) is 12.6. The predicted octanol–water partition coefficient (Wildman–Crippen LogP) is 6.82. The number of hydrogen-bond acceptors (Lipinski definition) is 6. The SMILES string of the molecule is CC(C)(C)C(=O)CN1C(=O)N(CC(=O)Nc2cccc(C(=O)OCc3ccccc3)c2)N=C(C2CCCCC2)c2ccccc21. The van der Waals surface area contributed by atoms with Crippen LogP contribution >= 0.6 is 0 Å². The lowest BCUT2D eigenvalue weighted by atomic mass is 9.83. The molecule has 0 saturated heterocycles. The van der Waals surface area contributed by atoms with Crippen LogP contribution < -0.4 is 10.2 Å². The largest absolute Gasteiger partial charge is 0.457 e. The van der Waals surface area contributed by atoms with E-state index in [4.69, 9.17) is 9.84 Å². The number of amides is 3. The van der Waals surface area contributed by atoms with E-state index in [0.29, 0.717) is 11.4 Å². The number of hydrazone groups is 1. The number of ether oxygens (including phenoxy) is 1. The Balaban J connectivity index is 1.37. The molecule has 0 atom stereocenters. The first-order valence-corrected chi connectivity index (χ1v) is 15.5. The van der Waals surface area contributed by atoms with Crippen LogP contribution in [0.2, 0.25) is 0 Å². The third kappa shape index (κ3) is 7.84. The van der Waals surface area contributed by atoms with Crippen molar-refractivity contribution < 1.29 is 23.9 Å². The van der Waals surface area contributed by atoms with Gasteiger partial charge in [0.2, 0.25) is 5.91 Å². The molecule has 1 heterocycles. The van der Waals surface area contributed by atoms with E-state index in [2.05, 4.69) is 5.32 Å². The fraction of sp³-hybridized carbons (Fsp3) is 0.361. The van der Waals surface area contributed by atoms with Gasteiger partial charge in [-0.2, -0.15) is 5.10 Å². The molecule has 2 aliphatic rings. The van der Waals surface area contributed by atoms with Crippen molar-refractivity contribution in [1.29, 1.82) is 0 Å². The zero-order chi connectivity index (χ0) is 32.0. The van der Waals surface area contributed by atoms with Crippen LogP contribution in [-0.2, 0) is 20.9 Å². The van der Waals surface area contributed by atoms with Gasteiger partial charge in [-0.3, -0.25) is 14.5 Å². The fourth-order valence-electron chi connectivity index (χ4n) is 5.58. The van der Waals surface area contributed by atoms with Crippen molar-refractivity contribution in [1.82, 2.24) is 5.01 Å². The molecule has 0 radical (unpaired) electrons. The fourth-order valence-corrected chi connectivity index (χ4v) is 5.58.